The summed E-state index contributed by atoms with van der Waals surface area (Å²) in [5, 5.41) is 16.9. The van der Waals surface area contributed by atoms with Gasteiger partial charge in [-0.2, -0.15) is 0 Å². The van der Waals surface area contributed by atoms with E-state index in [2.05, 4.69) is 17.0 Å². The van der Waals surface area contributed by atoms with Crippen molar-refractivity contribution in [2.24, 2.45) is 17.6 Å². The van der Waals surface area contributed by atoms with Crippen LogP contribution in [-0.2, 0) is 16.1 Å². The third kappa shape index (κ3) is 5.58. The van der Waals surface area contributed by atoms with E-state index in [1.807, 2.05) is 47.4 Å². The van der Waals surface area contributed by atoms with E-state index >= 15 is 0 Å². The van der Waals surface area contributed by atoms with Crippen molar-refractivity contribution in [1.29, 1.82) is 5.41 Å². The van der Waals surface area contributed by atoms with Crippen LogP contribution in [-0.4, -0.2) is 46.8 Å². The summed E-state index contributed by atoms with van der Waals surface area (Å²) in [5.41, 5.74) is 8.47. The molecular weight excluding hydrogens is 428 g/mol. The van der Waals surface area contributed by atoms with Crippen LogP contribution in [0.4, 0.5) is 5.69 Å². The summed E-state index contributed by atoms with van der Waals surface area (Å²) < 4.78 is 0. The molecule has 0 aromatic heterocycles. The summed E-state index contributed by atoms with van der Waals surface area (Å²) in [6.07, 6.45) is 4.35. The number of piperidine rings is 1. The number of benzene rings is 2. The summed E-state index contributed by atoms with van der Waals surface area (Å²) in [6, 6.07) is 17.9. The van der Waals surface area contributed by atoms with Gasteiger partial charge in [0.05, 0.1) is 5.92 Å². The van der Waals surface area contributed by atoms with Gasteiger partial charge in [-0.25, -0.2) is 0 Å². The lowest BCUT2D eigenvalue weighted by Crippen LogP contribution is -2.47. The molecule has 0 bridgehead atoms. The number of hydrogen-bond acceptors (Lipinski definition) is 4. The number of amides is 1. The van der Waals surface area contributed by atoms with E-state index in [1.165, 1.54) is 0 Å². The highest BCUT2D eigenvalue weighted by atomic mass is 16.4. The molecule has 1 amide bonds. The van der Waals surface area contributed by atoms with Crippen LogP contribution in [0.25, 0.3) is 0 Å². The summed E-state index contributed by atoms with van der Waals surface area (Å²) in [5.74, 6) is -0.764. The Labute approximate surface area is 201 Å². The molecule has 7 heteroatoms. The lowest BCUT2D eigenvalue weighted by molar-refractivity contribution is -0.144. The number of carbonyl (C=O) groups excluding carboxylic acids is 1. The number of nitrogens with zero attached hydrogens (tertiary/aromatic N) is 2. The van der Waals surface area contributed by atoms with Gasteiger partial charge >= 0.3 is 5.97 Å². The lowest BCUT2D eigenvalue weighted by atomic mass is 9.84. The number of nitrogens with one attached hydrogen (secondary N) is 1. The quantitative estimate of drug-likeness (QED) is 0.427. The fourth-order valence-electron chi connectivity index (χ4n) is 5.27. The smallest absolute Gasteiger partial charge is 0.306 e. The van der Waals surface area contributed by atoms with Gasteiger partial charge in [-0.1, -0.05) is 30.3 Å². The Bertz CT molecular complexity index is 992. The van der Waals surface area contributed by atoms with Gasteiger partial charge in [0.1, 0.15) is 5.84 Å². The minimum atomic E-state index is -0.719. The molecule has 0 unspecified atom stereocenters. The van der Waals surface area contributed by atoms with Gasteiger partial charge in [0.2, 0.25) is 5.91 Å². The topological polar surface area (TPSA) is 111 Å². The van der Waals surface area contributed by atoms with E-state index in [0.717, 1.165) is 50.0 Å². The van der Waals surface area contributed by atoms with Gasteiger partial charge in [-0.3, -0.25) is 15.0 Å². The van der Waals surface area contributed by atoms with Gasteiger partial charge in [0, 0.05) is 42.8 Å². The largest absolute Gasteiger partial charge is 0.481 e. The van der Waals surface area contributed by atoms with Crippen LogP contribution in [0.5, 0.6) is 0 Å². The van der Waals surface area contributed by atoms with Gasteiger partial charge in [-0.05, 0) is 68.4 Å². The third-order valence-electron chi connectivity index (χ3n) is 7.35. The zero-order valence-corrected chi connectivity index (χ0v) is 19.5. The minimum Gasteiger partial charge on any atom is -0.481 e. The predicted molar refractivity (Wildman–Crippen MR) is 133 cm³/mol. The van der Waals surface area contributed by atoms with Crippen LogP contribution in [0.3, 0.4) is 0 Å². The van der Waals surface area contributed by atoms with Crippen LogP contribution in [0.15, 0.2) is 54.6 Å². The number of carboxylic acids is 1. The fourth-order valence-corrected chi connectivity index (χ4v) is 5.27. The van der Waals surface area contributed by atoms with Crippen LogP contribution in [0.2, 0.25) is 0 Å². The standard InChI is InChI=1S/C27H34N4O3/c28-25(29)20-6-10-23(11-7-20)30-16-14-21(15-17-30)26(32)31(18-19-4-2-1-3-5-19)24-12-8-22(9-13-24)27(33)34/h1-7,10-11,21-22,24H,8-9,12-18H2,(H3,28,29)(H,33,34). The number of aliphatic carboxylic acids is 1. The molecule has 1 saturated heterocycles. The molecule has 180 valence electrons. The average Bonchev–Trinajstić information content (AvgIpc) is 2.88. The van der Waals surface area contributed by atoms with E-state index in [9.17, 15) is 14.7 Å². The second kappa shape index (κ2) is 10.7. The first-order valence-corrected chi connectivity index (χ1v) is 12.2. The van der Waals surface area contributed by atoms with Gasteiger partial charge in [0.15, 0.2) is 0 Å². The van der Waals surface area contributed by atoms with E-state index in [4.69, 9.17) is 11.1 Å². The Morgan fingerprint density at radius 3 is 2.09 bits per heavy atom. The summed E-state index contributed by atoms with van der Waals surface area (Å²) >= 11 is 0. The van der Waals surface area contributed by atoms with Gasteiger partial charge in [0.25, 0.3) is 0 Å². The van der Waals surface area contributed by atoms with Crippen molar-refractivity contribution in [2.45, 2.75) is 51.1 Å². The number of hydrogen-bond donors (Lipinski definition) is 3. The molecule has 0 atom stereocenters. The minimum absolute atomic E-state index is 0.0198. The average molecular weight is 463 g/mol. The van der Waals surface area contributed by atoms with E-state index < -0.39 is 5.97 Å². The second-order valence-electron chi connectivity index (χ2n) is 9.52. The van der Waals surface area contributed by atoms with E-state index in [0.29, 0.717) is 24.9 Å². The molecular formula is C27H34N4O3. The molecule has 0 radical (unpaired) electrons. The van der Waals surface area contributed by atoms with Crippen molar-refractivity contribution >= 4 is 23.4 Å². The zero-order chi connectivity index (χ0) is 24.1. The maximum absolute atomic E-state index is 13.7. The Kier molecular flexibility index (Phi) is 7.50. The Morgan fingerprint density at radius 1 is 0.912 bits per heavy atom. The SMILES string of the molecule is N=C(N)c1ccc(N2CCC(C(=O)N(Cc3ccccc3)C3CCC(C(=O)O)CC3)CC2)cc1. The first kappa shape index (κ1) is 23.8. The van der Waals surface area contributed by atoms with Crippen molar-refractivity contribution in [2.75, 3.05) is 18.0 Å². The Morgan fingerprint density at radius 2 is 1.53 bits per heavy atom. The second-order valence-corrected chi connectivity index (χ2v) is 9.52. The van der Waals surface area contributed by atoms with Crippen LogP contribution >= 0.6 is 0 Å². The first-order chi connectivity index (χ1) is 16.4. The van der Waals surface area contributed by atoms with Crippen molar-refractivity contribution in [3.05, 3.63) is 65.7 Å². The number of nitrogen functional groups attached to an aromatic ring is 1. The lowest BCUT2D eigenvalue weighted by Gasteiger charge is -2.40. The van der Waals surface area contributed by atoms with Gasteiger partial charge in [-0.15, -0.1) is 0 Å². The molecule has 4 N–H and O–H groups in total. The van der Waals surface area contributed by atoms with Crippen LogP contribution < -0.4 is 10.6 Å². The molecule has 0 spiro atoms. The normalized spacial score (nSPS) is 21.1. The number of carboxylic acid groups (broad SMARTS) is 1. The molecule has 2 fully saturated rings. The van der Waals surface area contributed by atoms with Crippen molar-refractivity contribution < 1.29 is 14.7 Å². The maximum Gasteiger partial charge on any atom is 0.306 e. The number of carbonyl (C=O) groups is 2. The molecule has 2 aliphatic rings. The third-order valence-corrected chi connectivity index (χ3v) is 7.35. The van der Waals surface area contributed by atoms with Crippen molar-refractivity contribution in [3.8, 4) is 0 Å². The number of nitrogens with two attached hydrogens (primary N) is 1. The zero-order valence-electron chi connectivity index (χ0n) is 19.5. The van der Waals surface area contributed by atoms with Crippen LogP contribution in [0, 0.1) is 17.2 Å². The van der Waals surface area contributed by atoms with Crippen molar-refractivity contribution in [1.82, 2.24) is 4.90 Å². The first-order valence-electron chi connectivity index (χ1n) is 12.2. The number of amidine groups is 1. The fraction of sp³-hybridized carbons (Fsp3) is 0.444. The van der Waals surface area contributed by atoms with Gasteiger partial charge < -0.3 is 20.6 Å². The molecule has 1 saturated carbocycles. The summed E-state index contributed by atoms with van der Waals surface area (Å²) in [7, 11) is 0. The summed E-state index contributed by atoms with van der Waals surface area (Å²) in [6.45, 7) is 2.19. The predicted octanol–water partition coefficient (Wildman–Crippen LogP) is 3.86. The molecule has 2 aromatic rings. The maximum atomic E-state index is 13.7. The highest BCUT2D eigenvalue weighted by Gasteiger charge is 2.35. The van der Waals surface area contributed by atoms with Crippen molar-refractivity contribution in [3.63, 3.8) is 0 Å². The van der Waals surface area contributed by atoms with E-state index in [-0.39, 0.29) is 29.6 Å². The molecule has 2 aromatic carbocycles. The highest BCUT2D eigenvalue weighted by molar-refractivity contribution is 5.95. The highest BCUT2D eigenvalue weighted by Crippen LogP contribution is 2.32. The Balaban J connectivity index is 1.42. The van der Waals surface area contributed by atoms with E-state index in [1.54, 1.807) is 0 Å². The summed E-state index contributed by atoms with van der Waals surface area (Å²) in [4.78, 5) is 29.5. The molecule has 1 aliphatic heterocycles. The molecule has 34 heavy (non-hydrogen) atoms. The number of rotatable bonds is 7. The number of anilines is 1. The monoisotopic (exact) mass is 462 g/mol. The Hall–Kier alpha value is -3.35. The molecule has 1 heterocycles. The molecule has 4 rings (SSSR count). The van der Waals surface area contributed by atoms with Crippen LogP contribution in [0.1, 0.15) is 49.7 Å². The molecule has 1 aliphatic carbocycles. The molecule has 7 nitrogen and oxygen atoms in total.